The minimum absolute atomic E-state index is 0.177. The van der Waals surface area contributed by atoms with E-state index in [2.05, 4.69) is 21.0 Å². The van der Waals surface area contributed by atoms with Gasteiger partial charge in [0.2, 0.25) is 11.7 Å². The van der Waals surface area contributed by atoms with Gasteiger partial charge >= 0.3 is 0 Å². The summed E-state index contributed by atoms with van der Waals surface area (Å²) >= 11 is 3.06. The predicted octanol–water partition coefficient (Wildman–Crippen LogP) is 3.05. The molecule has 2 aromatic rings. The van der Waals surface area contributed by atoms with Gasteiger partial charge in [-0.25, -0.2) is 9.07 Å². The highest BCUT2D eigenvalue weighted by molar-refractivity contribution is 9.10. The van der Waals surface area contributed by atoms with E-state index in [1.165, 1.54) is 10.7 Å². The summed E-state index contributed by atoms with van der Waals surface area (Å²) in [4.78, 5) is 0. The number of rotatable bonds is 3. The molecular formula is C12H11BrF2N2O2. The number of aliphatic hydroxyl groups excluding tert-OH is 1. The topological polar surface area (TPSA) is 47.3 Å². The average Bonchev–Trinajstić information content (AvgIpc) is 2.60. The molecule has 0 atom stereocenters. The molecule has 0 bridgehead atoms. The molecule has 0 spiro atoms. The Morgan fingerprint density at radius 1 is 1.42 bits per heavy atom. The molecule has 1 N–H and O–H groups in total. The molecule has 0 unspecified atom stereocenters. The van der Waals surface area contributed by atoms with Crippen LogP contribution in [0.2, 0.25) is 0 Å². The summed E-state index contributed by atoms with van der Waals surface area (Å²) in [5.41, 5.74) is 0.998. The van der Waals surface area contributed by atoms with Crippen LogP contribution in [0.3, 0.4) is 0 Å². The molecule has 0 saturated carbocycles. The standard InChI is InChI=1S/C12H11BrF2N2O2/c1-6-8(5-18)12(17(2)16-6)19-10-4-7(13)3-9(14)11(10)15/h3-4,18H,5H2,1-2H3. The number of hydrogen-bond acceptors (Lipinski definition) is 3. The third-order valence-corrected chi connectivity index (χ3v) is 3.07. The number of aromatic nitrogens is 2. The summed E-state index contributed by atoms with van der Waals surface area (Å²) in [6, 6.07) is 2.31. The highest BCUT2D eigenvalue weighted by atomic mass is 79.9. The van der Waals surface area contributed by atoms with Gasteiger partial charge in [-0.05, 0) is 19.1 Å². The maximum atomic E-state index is 13.6. The molecule has 0 amide bonds. The van der Waals surface area contributed by atoms with Crippen molar-refractivity contribution in [1.82, 2.24) is 9.78 Å². The van der Waals surface area contributed by atoms with Crippen molar-refractivity contribution >= 4 is 15.9 Å². The number of halogens is 3. The maximum absolute atomic E-state index is 13.6. The second-order valence-electron chi connectivity index (χ2n) is 3.95. The van der Waals surface area contributed by atoms with E-state index >= 15 is 0 Å². The molecule has 0 aliphatic rings. The number of nitrogens with zero attached hydrogens (tertiary/aromatic N) is 2. The van der Waals surface area contributed by atoms with E-state index in [0.29, 0.717) is 15.7 Å². The first-order chi connectivity index (χ1) is 8.93. The van der Waals surface area contributed by atoms with Crippen LogP contribution in [0.15, 0.2) is 16.6 Å². The third-order valence-electron chi connectivity index (χ3n) is 2.61. The van der Waals surface area contributed by atoms with Crippen LogP contribution in [0.1, 0.15) is 11.3 Å². The molecule has 102 valence electrons. The van der Waals surface area contributed by atoms with Gasteiger partial charge in [0.15, 0.2) is 11.6 Å². The van der Waals surface area contributed by atoms with Crippen LogP contribution in [0.4, 0.5) is 8.78 Å². The molecule has 1 aromatic heterocycles. The minimum atomic E-state index is -1.09. The summed E-state index contributed by atoms with van der Waals surface area (Å²) in [6.07, 6.45) is 0. The van der Waals surface area contributed by atoms with Crippen molar-refractivity contribution in [2.24, 2.45) is 7.05 Å². The largest absolute Gasteiger partial charge is 0.436 e. The SMILES string of the molecule is Cc1nn(C)c(Oc2cc(Br)cc(F)c2F)c1CO. The van der Waals surface area contributed by atoms with Crippen molar-refractivity contribution < 1.29 is 18.6 Å². The molecule has 0 aliphatic heterocycles. The second-order valence-corrected chi connectivity index (χ2v) is 4.87. The first kappa shape index (κ1) is 14.0. The van der Waals surface area contributed by atoms with Gasteiger partial charge in [-0.15, -0.1) is 0 Å². The van der Waals surface area contributed by atoms with E-state index in [0.717, 1.165) is 6.07 Å². The molecule has 0 aliphatic carbocycles. The molecule has 1 heterocycles. The first-order valence-electron chi connectivity index (χ1n) is 5.39. The lowest BCUT2D eigenvalue weighted by molar-refractivity contribution is 0.273. The van der Waals surface area contributed by atoms with E-state index < -0.39 is 11.6 Å². The summed E-state index contributed by atoms with van der Waals surface area (Å²) in [5, 5.41) is 13.3. The average molecular weight is 333 g/mol. The normalized spacial score (nSPS) is 10.8. The molecule has 1 aromatic carbocycles. The lowest BCUT2D eigenvalue weighted by Crippen LogP contribution is -2.00. The molecule has 19 heavy (non-hydrogen) atoms. The Morgan fingerprint density at radius 3 is 2.74 bits per heavy atom. The minimum Gasteiger partial charge on any atom is -0.436 e. The highest BCUT2D eigenvalue weighted by Gasteiger charge is 2.18. The fourth-order valence-corrected chi connectivity index (χ4v) is 2.11. The quantitative estimate of drug-likeness (QED) is 0.879. The first-order valence-corrected chi connectivity index (χ1v) is 6.19. The summed E-state index contributed by atoms with van der Waals surface area (Å²) in [5.74, 6) is -2.21. The van der Waals surface area contributed by atoms with E-state index in [1.807, 2.05) is 0 Å². The van der Waals surface area contributed by atoms with Crippen LogP contribution >= 0.6 is 15.9 Å². The van der Waals surface area contributed by atoms with Crippen LogP contribution in [0.5, 0.6) is 11.6 Å². The van der Waals surface area contributed by atoms with Gasteiger partial charge in [-0.2, -0.15) is 9.49 Å². The lowest BCUT2D eigenvalue weighted by Gasteiger charge is -2.09. The zero-order valence-electron chi connectivity index (χ0n) is 10.2. The van der Waals surface area contributed by atoms with Gasteiger partial charge in [0.25, 0.3) is 0 Å². The van der Waals surface area contributed by atoms with Gasteiger partial charge in [0.1, 0.15) is 0 Å². The van der Waals surface area contributed by atoms with E-state index in [4.69, 9.17) is 4.74 Å². The summed E-state index contributed by atoms with van der Waals surface area (Å²) < 4.78 is 34.0. The lowest BCUT2D eigenvalue weighted by atomic mass is 10.2. The van der Waals surface area contributed by atoms with Gasteiger partial charge in [0.05, 0.1) is 17.9 Å². The number of aryl methyl sites for hydroxylation is 2. The van der Waals surface area contributed by atoms with Gasteiger partial charge in [0, 0.05) is 11.5 Å². The zero-order valence-corrected chi connectivity index (χ0v) is 11.8. The van der Waals surface area contributed by atoms with Crippen molar-refractivity contribution in [2.45, 2.75) is 13.5 Å². The Hall–Kier alpha value is -1.47. The highest BCUT2D eigenvalue weighted by Crippen LogP contribution is 2.32. The van der Waals surface area contributed by atoms with Crippen molar-refractivity contribution in [3.05, 3.63) is 39.5 Å². The van der Waals surface area contributed by atoms with Crippen LogP contribution in [0.25, 0.3) is 0 Å². The Balaban J connectivity index is 2.47. The van der Waals surface area contributed by atoms with Gasteiger partial charge in [-0.1, -0.05) is 15.9 Å². The Morgan fingerprint density at radius 2 is 2.11 bits per heavy atom. The van der Waals surface area contributed by atoms with Crippen LogP contribution < -0.4 is 4.74 Å². The molecule has 7 heteroatoms. The summed E-state index contributed by atoms with van der Waals surface area (Å²) in [7, 11) is 1.59. The van der Waals surface area contributed by atoms with Crippen LogP contribution in [-0.2, 0) is 13.7 Å². The van der Waals surface area contributed by atoms with Gasteiger partial charge < -0.3 is 9.84 Å². The number of aliphatic hydroxyl groups is 1. The Kier molecular flexibility index (Phi) is 3.86. The third kappa shape index (κ3) is 2.62. The maximum Gasteiger partial charge on any atom is 0.223 e. The Labute approximate surface area is 116 Å². The van der Waals surface area contributed by atoms with Crippen molar-refractivity contribution in [2.75, 3.05) is 0 Å². The smallest absolute Gasteiger partial charge is 0.223 e. The number of hydrogen-bond donors (Lipinski definition) is 1. The number of benzene rings is 1. The monoisotopic (exact) mass is 332 g/mol. The Bertz CT molecular complexity index is 629. The molecule has 4 nitrogen and oxygen atoms in total. The second kappa shape index (κ2) is 5.26. The number of ether oxygens (including phenoxy) is 1. The molecule has 0 radical (unpaired) electrons. The van der Waals surface area contributed by atoms with Gasteiger partial charge in [-0.3, -0.25) is 0 Å². The van der Waals surface area contributed by atoms with Crippen molar-refractivity contribution in [3.63, 3.8) is 0 Å². The van der Waals surface area contributed by atoms with Crippen LogP contribution in [-0.4, -0.2) is 14.9 Å². The molecular weight excluding hydrogens is 322 g/mol. The van der Waals surface area contributed by atoms with Crippen molar-refractivity contribution in [3.8, 4) is 11.6 Å². The van der Waals surface area contributed by atoms with E-state index in [9.17, 15) is 13.9 Å². The zero-order chi connectivity index (χ0) is 14.2. The molecule has 0 fully saturated rings. The van der Waals surface area contributed by atoms with Crippen LogP contribution in [0, 0.1) is 18.6 Å². The van der Waals surface area contributed by atoms with E-state index in [1.54, 1.807) is 14.0 Å². The fraction of sp³-hybridized carbons (Fsp3) is 0.250. The molecule has 0 saturated heterocycles. The summed E-state index contributed by atoms with van der Waals surface area (Å²) in [6.45, 7) is 1.39. The molecule has 2 rings (SSSR count). The van der Waals surface area contributed by atoms with Crippen molar-refractivity contribution in [1.29, 1.82) is 0 Å². The van der Waals surface area contributed by atoms with E-state index in [-0.39, 0.29) is 18.2 Å². The fourth-order valence-electron chi connectivity index (χ4n) is 1.70. The predicted molar refractivity (Wildman–Crippen MR) is 68.0 cm³/mol.